The van der Waals surface area contributed by atoms with E-state index in [4.69, 9.17) is 0 Å². The first-order valence-electron chi connectivity index (χ1n) is 6.08. The molecule has 114 valence electrons. The Morgan fingerprint density at radius 1 is 1.45 bits per heavy atom. The van der Waals surface area contributed by atoms with E-state index in [-0.39, 0.29) is 29.3 Å². The van der Waals surface area contributed by atoms with Crippen molar-refractivity contribution in [3.05, 3.63) is 28.5 Å². The number of sulfonamides is 1. The smallest absolute Gasteiger partial charge is 0.242 e. The van der Waals surface area contributed by atoms with Crippen LogP contribution in [0.2, 0.25) is 0 Å². The van der Waals surface area contributed by atoms with E-state index in [1.54, 1.807) is 0 Å². The molecule has 0 bridgehead atoms. The summed E-state index contributed by atoms with van der Waals surface area (Å²) in [5, 5.41) is 3.15. The fourth-order valence-electron chi connectivity index (χ4n) is 2.09. The first kappa shape index (κ1) is 17.8. The molecule has 1 aromatic carbocycles. The van der Waals surface area contributed by atoms with E-state index in [2.05, 4.69) is 26.0 Å². The van der Waals surface area contributed by atoms with Crippen molar-refractivity contribution in [1.82, 2.24) is 10.0 Å². The largest absolute Gasteiger partial charge is 0.315 e. The van der Waals surface area contributed by atoms with Gasteiger partial charge in [-0.15, -0.1) is 12.4 Å². The van der Waals surface area contributed by atoms with Gasteiger partial charge < -0.3 is 5.32 Å². The molecule has 1 aliphatic rings. The van der Waals surface area contributed by atoms with Crippen LogP contribution < -0.4 is 10.0 Å². The molecule has 20 heavy (non-hydrogen) atoms. The van der Waals surface area contributed by atoms with Gasteiger partial charge in [0.05, 0.1) is 4.90 Å². The third-order valence-corrected chi connectivity index (χ3v) is 5.80. The van der Waals surface area contributed by atoms with E-state index in [0.29, 0.717) is 11.0 Å². The van der Waals surface area contributed by atoms with Crippen molar-refractivity contribution in [2.75, 3.05) is 13.1 Å². The van der Waals surface area contributed by atoms with Crippen molar-refractivity contribution in [1.29, 1.82) is 0 Å². The van der Waals surface area contributed by atoms with Gasteiger partial charge >= 0.3 is 0 Å². The molecule has 0 aliphatic carbocycles. The average molecular weight is 388 g/mol. The molecule has 4 nitrogen and oxygen atoms in total. The topological polar surface area (TPSA) is 58.2 Å². The lowest BCUT2D eigenvalue weighted by Crippen LogP contribution is -2.50. The van der Waals surface area contributed by atoms with Crippen LogP contribution in [0.4, 0.5) is 4.39 Å². The van der Waals surface area contributed by atoms with Crippen LogP contribution in [0.3, 0.4) is 0 Å². The van der Waals surface area contributed by atoms with E-state index in [1.165, 1.54) is 12.1 Å². The van der Waals surface area contributed by atoms with Crippen LogP contribution in [-0.2, 0) is 10.0 Å². The Kier molecular flexibility index (Phi) is 6.40. The highest BCUT2D eigenvalue weighted by Crippen LogP contribution is 2.24. The van der Waals surface area contributed by atoms with Crippen LogP contribution in [0.25, 0.3) is 0 Å². The zero-order chi connectivity index (χ0) is 14.0. The number of halogens is 3. The summed E-state index contributed by atoms with van der Waals surface area (Å²) in [7, 11) is -3.72. The molecule has 2 rings (SSSR count). The van der Waals surface area contributed by atoms with Crippen molar-refractivity contribution in [3.8, 4) is 0 Å². The molecule has 2 N–H and O–H groups in total. The van der Waals surface area contributed by atoms with E-state index in [0.717, 1.165) is 19.0 Å². The summed E-state index contributed by atoms with van der Waals surface area (Å²) in [6.45, 7) is 3.49. The first-order chi connectivity index (χ1) is 8.90. The van der Waals surface area contributed by atoms with Crippen molar-refractivity contribution >= 4 is 38.4 Å². The molecule has 1 fully saturated rings. The lowest BCUT2D eigenvalue weighted by molar-refractivity contribution is 0.327. The molecular weight excluding hydrogens is 371 g/mol. The second-order valence-corrected chi connectivity index (χ2v) is 7.31. The van der Waals surface area contributed by atoms with Crippen LogP contribution in [0.1, 0.15) is 13.3 Å². The minimum absolute atomic E-state index is 0. The molecular formula is C12H17BrClFN2O2S. The summed E-state index contributed by atoms with van der Waals surface area (Å²) in [5.74, 6) is -0.318. The number of rotatable bonds is 3. The van der Waals surface area contributed by atoms with Gasteiger partial charge in [0.15, 0.2) is 0 Å². The van der Waals surface area contributed by atoms with Gasteiger partial charge in [-0.3, -0.25) is 0 Å². The maximum atomic E-state index is 13.2. The predicted molar refractivity (Wildman–Crippen MR) is 82.1 cm³/mol. The number of benzene rings is 1. The second kappa shape index (κ2) is 7.17. The number of nitrogens with one attached hydrogen (secondary N) is 2. The van der Waals surface area contributed by atoms with E-state index >= 15 is 0 Å². The number of piperidine rings is 1. The van der Waals surface area contributed by atoms with Gasteiger partial charge in [-0.2, -0.15) is 0 Å². The highest BCUT2D eigenvalue weighted by Gasteiger charge is 2.27. The molecule has 8 heteroatoms. The summed E-state index contributed by atoms with van der Waals surface area (Å²) < 4.78 is 40.8. The van der Waals surface area contributed by atoms with Crippen molar-refractivity contribution in [2.24, 2.45) is 5.92 Å². The maximum absolute atomic E-state index is 13.2. The molecule has 0 spiro atoms. The Morgan fingerprint density at radius 2 is 2.15 bits per heavy atom. The molecule has 0 amide bonds. The molecule has 1 aliphatic heterocycles. The standard InChI is InChI=1S/C12H16BrFN2O2S.ClH/c1-8-4-5-15-7-11(8)16-19(17,18)12-6-9(14)2-3-10(12)13;/h2-3,6,8,11,15-16H,4-5,7H2,1H3;1H. The minimum Gasteiger partial charge on any atom is -0.315 e. The fourth-order valence-corrected chi connectivity index (χ4v) is 4.41. The Balaban J connectivity index is 0.00000200. The van der Waals surface area contributed by atoms with E-state index < -0.39 is 15.8 Å². The summed E-state index contributed by atoms with van der Waals surface area (Å²) >= 11 is 3.14. The molecule has 1 heterocycles. The molecule has 1 aromatic rings. The second-order valence-electron chi connectivity index (χ2n) is 4.77. The molecule has 0 radical (unpaired) electrons. The van der Waals surface area contributed by atoms with Crippen LogP contribution >= 0.6 is 28.3 Å². The highest BCUT2D eigenvalue weighted by molar-refractivity contribution is 9.10. The molecule has 1 saturated heterocycles. The van der Waals surface area contributed by atoms with Crippen LogP contribution in [0.15, 0.2) is 27.6 Å². The van der Waals surface area contributed by atoms with Crippen molar-refractivity contribution < 1.29 is 12.8 Å². The summed E-state index contributed by atoms with van der Waals surface area (Å²) in [4.78, 5) is -0.0646. The normalized spacial score (nSPS) is 23.1. The van der Waals surface area contributed by atoms with Crippen LogP contribution in [0, 0.1) is 11.7 Å². The molecule has 2 unspecified atom stereocenters. The van der Waals surface area contributed by atoms with Gasteiger partial charge in [0.1, 0.15) is 5.82 Å². The van der Waals surface area contributed by atoms with Gasteiger partial charge in [0, 0.05) is 17.1 Å². The monoisotopic (exact) mass is 386 g/mol. The van der Waals surface area contributed by atoms with Gasteiger partial charge in [-0.25, -0.2) is 17.5 Å². The zero-order valence-electron chi connectivity index (χ0n) is 10.9. The Labute approximate surface area is 133 Å². The quantitative estimate of drug-likeness (QED) is 0.836. The third-order valence-electron chi connectivity index (χ3n) is 3.32. The SMILES string of the molecule is CC1CCNCC1NS(=O)(=O)c1cc(F)ccc1Br.Cl. The highest BCUT2D eigenvalue weighted by atomic mass is 79.9. The van der Waals surface area contributed by atoms with E-state index in [1.807, 2.05) is 6.92 Å². The van der Waals surface area contributed by atoms with Crippen LogP contribution in [0.5, 0.6) is 0 Å². The van der Waals surface area contributed by atoms with Gasteiger partial charge in [0.2, 0.25) is 10.0 Å². The fraction of sp³-hybridized carbons (Fsp3) is 0.500. The summed E-state index contributed by atoms with van der Waals surface area (Å²) in [6.07, 6.45) is 0.914. The minimum atomic E-state index is -3.72. The van der Waals surface area contributed by atoms with Gasteiger partial charge in [0.25, 0.3) is 0 Å². The lowest BCUT2D eigenvalue weighted by atomic mass is 9.96. The van der Waals surface area contributed by atoms with Crippen LogP contribution in [-0.4, -0.2) is 27.5 Å². The molecule has 0 aromatic heterocycles. The van der Waals surface area contributed by atoms with Crippen molar-refractivity contribution in [2.45, 2.75) is 24.3 Å². The predicted octanol–water partition coefficient (Wildman–Crippen LogP) is 2.29. The zero-order valence-corrected chi connectivity index (χ0v) is 14.1. The Morgan fingerprint density at radius 3 is 2.80 bits per heavy atom. The number of hydrogen-bond donors (Lipinski definition) is 2. The van der Waals surface area contributed by atoms with Gasteiger partial charge in [-0.05, 0) is 53.0 Å². The first-order valence-corrected chi connectivity index (χ1v) is 8.36. The average Bonchev–Trinajstić information content (AvgIpc) is 2.35. The Bertz CT molecular complexity index is 571. The van der Waals surface area contributed by atoms with Gasteiger partial charge in [-0.1, -0.05) is 6.92 Å². The van der Waals surface area contributed by atoms with Crippen molar-refractivity contribution in [3.63, 3.8) is 0 Å². The van der Waals surface area contributed by atoms with E-state index in [9.17, 15) is 12.8 Å². The maximum Gasteiger partial charge on any atom is 0.242 e. The Hall–Kier alpha value is -0.210. The number of hydrogen-bond acceptors (Lipinski definition) is 3. The third kappa shape index (κ3) is 4.14. The molecule has 2 atom stereocenters. The lowest BCUT2D eigenvalue weighted by Gasteiger charge is -2.30. The summed E-state index contributed by atoms with van der Waals surface area (Å²) in [6, 6.07) is 3.46. The summed E-state index contributed by atoms with van der Waals surface area (Å²) in [5.41, 5.74) is 0. The molecule has 0 saturated carbocycles.